The average Bonchev–Trinajstić information content (AvgIpc) is 3.57. The zero-order valence-corrected chi connectivity index (χ0v) is 21.2. The summed E-state index contributed by atoms with van der Waals surface area (Å²) in [4.78, 5) is 16.6. The molecule has 2 heterocycles. The van der Waals surface area contributed by atoms with Crippen LogP contribution in [0.3, 0.4) is 0 Å². The van der Waals surface area contributed by atoms with Gasteiger partial charge in [-0.2, -0.15) is 5.10 Å². The standard InChI is InChI=1S/C28H36FN5O2/c1-33(14-5-3-4-10-24-17-27(32-31-24)22-8-6-9-23(29)16-22)28(35)30-19-21-13-15-34(20-21)25-11-7-12-26(18-25)36-2/h6-9,11-12,16-18,21H,3-5,10,13-15,19-20H2,1-2H3,(H,30,35)(H,31,32). The number of unbranched alkanes of at least 4 members (excludes halogenated alkanes) is 2. The highest BCUT2D eigenvalue weighted by Crippen LogP contribution is 2.26. The van der Waals surface area contributed by atoms with Crippen LogP contribution in [0.5, 0.6) is 5.75 Å². The fraction of sp³-hybridized carbons (Fsp3) is 0.429. The van der Waals surface area contributed by atoms with Crippen molar-refractivity contribution in [1.29, 1.82) is 0 Å². The zero-order chi connectivity index (χ0) is 25.3. The van der Waals surface area contributed by atoms with Crippen LogP contribution in [0, 0.1) is 11.7 Å². The van der Waals surface area contributed by atoms with E-state index in [1.165, 1.54) is 17.8 Å². The van der Waals surface area contributed by atoms with E-state index in [4.69, 9.17) is 4.74 Å². The average molecular weight is 494 g/mol. The molecule has 2 aromatic carbocycles. The fourth-order valence-corrected chi connectivity index (χ4v) is 4.64. The number of urea groups is 1. The van der Waals surface area contributed by atoms with Gasteiger partial charge in [0.2, 0.25) is 0 Å². The van der Waals surface area contributed by atoms with Crippen LogP contribution in [-0.4, -0.2) is 61.5 Å². The minimum atomic E-state index is -0.261. The molecule has 3 aromatic rings. The van der Waals surface area contributed by atoms with Gasteiger partial charge in [-0.3, -0.25) is 5.10 Å². The van der Waals surface area contributed by atoms with Crippen LogP contribution < -0.4 is 15.0 Å². The number of anilines is 1. The molecule has 0 spiro atoms. The Hall–Kier alpha value is -3.55. The molecule has 1 aliphatic heterocycles. The number of ether oxygens (including phenoxy) is 1. The lowest BCUT2D eigenvalue weighted by Crippen LogP contribution is -2.40. The molecule has 36 heavy (non-hydrogen) atoms. The first kappa shape index (κ1) is 25.5. The minimum Gasteiger partial charge on any atom is -0.497 e. The number of aromatic amines is 1. The molecule has 1 aromatic heterocycles. The van der Waals surface area contributed by atoms with E-state index in [0.717, 1.165) is 74.4 Å². The van der Waals surface area contributed by atoms with Gasteiger partial charge in [-0.25, -0.2) is 9.18 Å². The van der Waals surface area contributed by atoms with Crippen molar-refractivity contribution in [1.82, 2.24) is 20.4 Å². The molecule has 0 radical (unpaired) electrons. The largest absolute Gasteiger partial charge is 0.497 e. The van der Waals surface area contributed by atoms with Gasteiger partial charge in [0.15, 0.2) is 0 Å². The van der Waals surface area contributed by atoms with Crippen molar-refractivity contribution in [2.75, 3.05) is 45.2 Å². The lowest BCUT2D eigenvalue weighted by Gasteiger charge is -2.21. The van der Waals surface area contributed by atoms with Crippen LogP contribution in [0.4, 0.5) is 14.9 Å². The van der Waals surface area contributed by atoms with Crippen LogP contribution >= 0.6 is 0 Å². The van der Waals surface area contributed by atoms with Gasteiger partial charge in [-0.1, -0.05) is 24.6 Å². The van der Waals surface area contributed by atoms with Gasteiger partial charge in [0.05, 0.1) is 12.8 Å². The van der Waals surface area contributed by atoms with Crippen LogP contribution in [0.15, 0.2) is 54.6 Å². The molecular formula is C28H36FN5O2. The summed E-state index contributed by atoms with van der Waals surface area (Å²) in [6.45, 7) is 3.34. The predicted octanol–water partition coefficient (Wildman–Crippen LogP) is 5.11. The predicted molar refractivity (Wildman–Crippen MR) is 141 cm³/mol. The van der Waals surface area contributed by atoms with E-state index in [0.29, 0.717) is 12.5 Å². The minimum absolute atomic E-state index is 0.0110. The van der Waals surface area contributed by atoms with E-state index >= 15 is 0 Å². The van der Waals surface area contributed by atoms with Crippen molar-refractivity contribution in [2.45, 2.75) is 32.1 Å². The number of rotatable bonds is 11. The third-order valence-electron chi connectivity index (χ3n) is 6.78. The van der Waals surface area contributed by atoms with Crippen molar-refractivity contribution in [3.8, 4) is 17.0 Å². The first-order chi connectivity index (χ1) is 17.5. The lowest BCUT2D eigenvalue weighted by molar-refractivity contribution is 0.206. The molecule has 7 nitrogen and oxygen atoms in total. The summed E-state index contributed by atoms with van der Waals surface area (Å²) in [5.41, 5.74) is 3.74. The number of carbonyl (C=O) groups is 1. The zero-order valence-electron chi connectivity index (χ0n) is 21.2. The number of carbonyl (C=O) groups excluding carboxylic acids is 1. The Morgan fingerprint density at radius 1 is 1.19 bits per heavy atom. The highest BCUT2D eigenvalue weighted by atomic mass is 19.1. The van der Waals surface area contributed by atoms with E-state index in [2.05, 4.69) is 32.5 Å². The summed E-state index contributed by atoms with van der Waals surface area (Å²) in [5.74, 6) is 1.05. The van der Waals surface area contributed by atoms with Gasteiger partial charge in [-0.05, 0) is 61.9 Å². The number of amides is 2. The molecular weight excluding hydrogens is 457 g/mol. The number of aryl methyl sites for hydroxylation is 1. The number of halogens is 1. The van der Waals surface area contributed by atoms with Crippen molar-refractivity contribution < 1.29 is 13.9 Å². The molecule has 192 valence electrons. The second-order valence-electron chi connectivity index (χ2n) is 9.51. The first-order valence-electron chi connectivity index (χ1n) is 12.7. The molecule has 0 bridgehead atoms. The molecule has 1 saturated heterocycles. The van der Waals surface area contributed by atoms with Gasteiger partial charge < -0.3 is 19.9 Å². The molecule has 1 unspecified atom stereocenters. The molecule has 2 amide bonds. The number of nitrogens with one attached hydrogen (secondary N) is 2. The highest BCUT2D eigenvalue weighted by Gasteiger charge is 2.23. The Balaban J connectivity index is 1.10. The van der Waals surface area contributed by atoms with E-state index in [9.17, 15) is 9.18 Å². The van der Waals surface area contributed by atoms with Crippen LogP contribution in [0.1, 0.15) is 31.4 Å². The molecule has 1 fully saturated rings. The van der Waals surface area contributed by atoms with Crippen molar-refractivity contribution in [3.63, 3.8) is 0 Å². The molecule has 8 heteroatoms. The van der Waals surface area contributed by atoms with Crippen LogP contribution in [-0.2, 0) is 6.42 Å². The Morgan fingerprint density at radius 2 is 2.06 bits per heavy atom. The molecule has 2 N–H and O–H groups in total. The Labute approximate surface area is 212 Å². The van der Waals surface area contributed by atoms with Crippen LogP contribution in [0.2, 0.25) is 0 Å². The van der Waals surface area contributed by atoms with Gasteiger partial charge in [-0.15, -0.1) is 0 Å². The number of methoxy groups -OCH3 is 1. The van der Waals surface area contributed by atoms with Crippen LogP contribution in [0.25, 0.3) is 11.3 Å². The van der Waals surface area contributed by atoms with Gasteiger partial charge in [0.1, 0.15) is 11.6 Å². The summed E-state index contributed by atoms with van der Waals surface area (Å²) in [6, 6.07) is 16.6. The highest BCUT2D eigenvalue weighted by molar-refractivity contribution is 5.73. The van der Waals surface area contributed by atoms with Gasteiger partial charge in [0.25, 0.3) is 0 Å². The van der Waals surface area contributed by atoms with Crippen molar-refractivity contribution in [3.05, 3.63) is 66.1 Å². The normalized spacial score (nSPS) is 15.2. The van der Waals surface area contributed by atoms with E-state index in [1.54, 1.807) is 18.1 Å². The monoisotopic (exact) mass is 493 g/mol. The molecule has 0 aliphatic carbocycles. The smallest absolute Gasteiger partial charge is 0.317 e. The second-order valence-corrected chi connectivity index (χ2v) is 9.51. The second kappa shape index (κ2) is 12.4. The summed E-state index contributed by atoms with van der Waals surface area (Å²) in [6.07, 6.45) is 4.91. The number of benzene rings is 2. The Morgan fingerprint density at radius 3 is 2.89 bits per heavy atom. The quantitative estimate of drug-likeness (QED) is 0.364. The summed E-state index contributed by atoms with van der Waals surface area (Å²) in [5, 5.41) is 10.5. The Bertz CT molecular complexity index is 1130. The van der Waals surface area contributed by atoms with E-state index in [1.807, 2.05) is 31.3 Å². The summed E-state index contributed by atoms with van der Waals surface area (Å²) in [7, 11) is 3.54. The molecule has 0 saturated carbocycles. The maximum Gasteiger partial charge on any atom is 0.317 e. The summed E-state index contributed by atoms with van der Waals surface area (Å²) < 4.78 is 18.8. The third kappa shape index (κ3) is 6.99. The first-order valence-corrected chi connectivity index (χ1v) is 12.7. The SMILES string of the molecule is COc1cccc(N2CCC(CNC(=O)N(C)CCCCCc3cc(-c4cccc(F)c4)n[nH]3)C2)c1. The van der Waals surface area contributed by atoms with Gasteiger partial charge in [0, 0.05) is 56.2 Å². The van der Waals surface area contributed by atoms with Gasteiger partial charge >= 0.3 is 6.03 Å². The van der Waals surface area contributed by atoms with E-state index < -0.39 is 0 Å². The fourth-order valence-electron chi connectivity index (χ4n) is 4.64. The molecule has 1 aliphatic rings. The summed E-state index contributed by atoms with van der Waals surface area (Å²) >= 11 is 0. The lowest BCUT2D eigenvalue weighted by atomic mass is 10.1. The number of nitrogens with zero attached hydrogens (tertiary/aromatic N) is 3. The maximum absolute atomic E-state index is 13.4. The Kier molecular flexibility index (Phi) is 8.81. The molecule has 1 atom stereocenters. The number of hydrogen-bond acceptors (Lipinski definition) is 4. The van der Waals surface area contributed by atoms with Crippen molar-refractivity contribution >= 4 is 11.7 Å². The number of hydrogen-bond donors (Lipinski definition) is 2. The number of aromatic nitrogens is 2. The number of H-pyrrole nitrogens is 1. The molecule has 4 rings (SSSR count). The third-order valence-corrected chi connectivity index (χ3v) is 6.78. The van der Waals surface area contributed by atoms with E-state index in [-0.39, 0.29) is 11.8 Å². The topological polar surface area (TPSA) is 73.5 Å². The van der Waals surface area contributed by atoms with Crippen molar-refractivity contribution in [2.24, 2.45) is 5.92 Å². The maximum atomic E-state index is 13.4.